The van der Waals surface area contributed by atoms with Crippen LogP contribution >= 0.6 is 0 Å². The third-order valence-electron chi connectivity index (χ3n) is 9.60. The second-order valence-corrected chi connectivity index (χ2v) is 12.7. The van der Waals surface area contributed by atoms with Crippen LogP contribution in [0.1, 0.15) is 0 Å². The van der Waals surface area contributed by atoms with Gasteiger partial charge in [0.25, 0.3) is 0 Å². The average molecular weight is 640 g/mol. The van der Waals surface area contributed by atoms with Crippen molar-refractivity contribution in [3.05, 3.63) is 176 Å². The van der Waals surface area contributed by atoms with Crippen LogP contribution < -0.4 is 4.90 Å². The van der Waals surface area contributed by atoms with E-state index in [1.807, 2.05) is 12.1 Å². The summed E-state index contributed by atoms with van der Waals surface area (Å²) in [6.07, 6.45) is 0. The van der Waals surface area contributed by atoms with Crippen molar-refractivity contribution >= 4 is 71.7 Å². The Morgan fingerprint density at radius 3 is 1.88 bits per heavy atom. The molecule has 50 heavy (non-hydrogen) atoms. The zero-order valence-electron chi connectivity index (χ0n) is 27.0. The van der Waals surface area contributed by atoms with E-state index in [4.69, 9.17) is 14.4 Å². The molecule has 2 aromatic heterocycles. The molecule has 0 atom stereocenters. The predicted octanol–water partition coefficient (Wildman–Crippen LogP) is 12.6. The molecule has 0 unspecified atom stereocenters. The minimum Gasteiger partial charge on any atom is -0.455 e. The number of nitrogens with zero attached hydrogens (tertiary/aromatic N) is 3. The van der Waals surface area contributed by atoms with Crippen LogP contribution in [0.15, 0.2) is 180 Å². The lowest BCUT2D eigenvalue weighted by Gasteiger charge is -2.24. The maximum absolute atomic E-state index is 6.83. The van der Waals surface area contributed by atoms with Gasteiger partial charge in [0.15, 0.2) is 0 Å². The summed E-state index contributed by atoms with van der Waals surface area (Å²) in [6.45, 7) is 0. The molecule has 0 fully saturated rings. The number of hydrogen-bond donors (Lipinski definition) is 0. The molecule has 0 radical (unpaired) electrons. The molecule has 0 spiro atoms. The van der Waals surface area contributed by atoms with E-state index in [2.05, 4.69) is 169 Å². The molecular weight excluding hydrogens is 611 g/mol. The first-order valence-electron chi connectivity index (χ1n) is 16.8. The Hall–Kier alpha value is -6.78. The standard InChI is InChI=1S/C46H29N3O/c1-3-13-30(14-4-1)35-27-40-39-26-33-17-9-10-18-34(33)29-43(39)50-45(40)41(28-35)44-38-21-11-12-22-42(38)47-46(48-44)49(36-19-5-2-6-20-36)37-24-23-31-15-7-8-16-32(31)25-37/h1-29H. The molecule has 0 N–H and O–H groups in total. The van der Waals surface area contributed by atoms with Gasteiger partial charge in [0.05, 0.1) is 11.2 Å². The lowest BCUT2D eigenvalue weighted by molar-refractivity contribution is 0.670. The first-order valence-corrected chi connectivity index (χ1v) is 16.8. The molecule has 0 aliphatic carbocycles. The summed E-state index contributed by atoms with van der Waals surface area (Å²) in [5.74, 6) is 0.584. The molecule has 0 saturated carbocycles. The third kappa shape index (κ3) is 4.69. The van der Waals surface area contributed by atoms with Gasteiger partial charge >= 0.3 is 0 Å². The first kappa shape index (κ1) is 28.3. The molecule has 0 saturated heterocycles. The van der Waals surface area contributed by atoms with Crippen molar-refractivity contribution in [3.63, 3.8) is 0 Å². The van der Waals surface area contributed by atoms with Gasteiger partial charge in [0.1, 0.15) is 11.2 Å². The molecule has 234 valence electrons. The van der Waals surface area contributed by atoms with Crippen LogP contribution in [0.25, 0.3) is 76.8 Å². The van der Waals surface area contributed by atoms with E-state index in [0.717, 1.165) is 77.4 Å². The van der Waals surface area contributed by atoms with E-state index in [-0.39, 0.29) is 0 Å². The fraction of sp³-hybridized carbons (Fsp3) is 0. The van der Waals surface area contributed by atoms with Crippen molar-refractivity contribution in [3.8, 4) is 22.4 Å². The topological polar surface area (TPSA) is 42.2 Å². The van der Waals surface area contributed by atoms with E-state index in [0.29, 0.717) is 5.95 Å². The van der Waals surface area contributed by atoms with Crippen molar-refractivity contribution in [2.45, 2.75) is 0 Å². The Morgan fingerprint density at radius 2 is 1.08 bits per heavy atom. The maximum atomic E-state index is 6.83. The van der Waals surface area contributed by atoms with E-state index in [9.17, 15) is 0 Å². The normalized spacial score (nSPS) is 11.6. The zero-order chi connectivity index (χ0) is 33.0. The Morgan fingerprint density at radius 1 is 0.420 bits per heavy atom. The van der Waals surface area contributed by atoms with Crippen LogP contribution in [-0.4, -0.2) is 9.97 Å². The summed E-state index contributed by atoms with van der Waals surface area (Å²) < 4.78 is 6.83. The van der Waals surface area contributed by atoms with E-state index in [1.54, 1.807) is 0 Å². The summed E-state index contributed by atoms with van der Waals surface area (Å²) in [5.41, 5.74) is 8.44. The van der Waals surface area contributed by atoms with Crippen LogP contribution in [0, 0.1) is 0 Å². The molecule has 0 aliphatic rings. The number of para-hydroxylation sites is 2. The second-order valence-electron chi connectivity index (χ2n) is 12.7. The van der Waals surface area contributed by atoms with Gasteiger partial charge in [-0.3, -0.25) is 4.90 Å². The number of aromatic nitrogens is 2. The number of benzene rings is 8. The monoisotopic (exact) mass is 639 g/mol. The van der Waals surface area contributed by atoms with Crippen LogP contribution in [0.4, 0.5) is 17.3 Å². The van der Waals surface area contributed by atoms with Gasteiger partial charge in [0.2, 0.25) is 5.95 Å². The summed E-state index contributed by atoms with van der Waals surface area (Å²) >= 11 is 0. The minimum absolute atomic E-state index is 0.584. The molecular formula is C46H29N3O. The highest BCUT2D eigenvalue weighted by Crippen LogP contribution is 2.43. The van der Waals surface area contributed by atoms with Gasteiger partial charge in [0, 0.05) is 33.1 Å². The highest BCUT2D eigenvalue weighted by atomic mass is 16.3. The molecule has 4 nitrogen and oxygen atoms in total. The molecule has 8 aromatic carbocycles. The number of hydrogen-bond acceptors (Lipinski definition) is 4. The summed E-state index contributed by atoms with van der Waals surface area (Å²) in [7, 11) is 0. The van der Waals surface area contributed by atoms with Crippen molar-refractivity contribution in [1.82, 2.24) is 9.97 Å². The van der Waals surface area contributed by atoms with Crippen LogP contribution in [-0.2, 0) is 0 Å². The van der Waals surface area contributed by atoms with Crippen molar-refractivity contribution < 1.29 is 4.42 Å². The summed E-state index contributed by atoms with van der Waals surface area (Å²) in [5, 5.41) is 7.76. The van der Waals surface area contributed by atoms with Crippen molar-refractivity contribution in [2.24, 2.45) is 0 Å². The summed E-state index contributed by atoms with van der Waals surface area (Å²) in [6, 6.07) is 61.4. The van der Waals surface area contributed by atoms with Gasteiger partial charge in [-0.15, -0.1) is 0 Å². The molecule has 0 amide bonds. The molecule has 0 aliphatic heterocycles. The van der Waals surface area contributed by atoms with Gasteiger partial charge in [-0.25, -0.2) is 9.97 Å². The predicted molar refractivity (Wildman–Crippen MR) is 207 cm³/mol. The van der Waals surface area contributed by atoms with Gasteiger partial charge in [-0.05, 0) is 87.3 Å². The van der Waals surface area contributed by atoms with E-state index >= 15 is 0 Å². The van der Waals surface area contributed by atoms with Crippen molar-refractivity contribution in [2.75, 3.05) is 4.90 Å². The average Bonchev–Trinajstić information content (AvgIpc) is 3.54. The molecule has 2 heterocycles. The van der Waals surface area contributed by atoms with Crippen LogP contribution in [0.3, 0.4) is 0 Å². The zero-order valence-corrected chi connectivity index (χ0v) is 27.0. The molecule has 4 heteroatoms. The number of furan rings is 1. The second kappa shape index (κ2) is 11.4. The number of rotatable bonds is 5. The number of fused-ring (bicyclic) bond motifs is 6. The lowest BCUT2D eigenvalue weighted by Crippen LogP contribution is -2.14. The highest BCUT2D eigenvalue weighted by molar-refractivity contribution is 6.15. The Bertz CT molecular complexity index is 2880. The van der Waals surface area contributed by atoms with Gasteiger partial charge < -0.3 is 4.42 Å². The third-order valence-corrected chi connectivity index (χ3v) is 9.60. The Kier molecular flexibility index (Phi) is 6.46. The summed E-state index contributed by atoms with van der Waals surface area (Å²) in [4.78, 5) is 12.8. The molecule has 10 aromatic rings. The Labute approximate surface area is 288 Å². The first-order chi connectivity index (χ1) is 24.8. The molecule has 10 rings (SSSR count). The SMILES string of the molecule is c1ccc(-c2cc(-c3nc(N(c4ccccc4)c4ccc5ccccc5c4)nc4ccccc34)c3oc4cc5ccccc5cc4c3c2)cc1. The lowest BCUT2D eigenvalue weighted by atomic mass is 9.96. The van der Waals surface area contributed by atoms with Crippen LogP contribution in [0.5, 0.6) is 0 Å². The number of anilines is 3. The van der Waals surface area contributed by atoms with E-state index in [1.165, 1.54) is 10.8 Å². The fourth-order valence-electron chi connectivity index (χ4n) is 7.18. The van der Waals surface area contributed by atoms with Gasteiger partial charge in [-0.1, -0.05) is 121 Å². The Balaban J connectivity index is 1.29. The highest BCUT2D eigenvalue weighted by Gasteiger charge is 2.23. The maximum Gasteiger partial charge on any atom is 0.235 e. The molecule has 0 bridgehead atoms. The van der Waals surface area contributed by atoms with Gasteiger partial charge in [-0.2, -0.15) is 0 Å². The fourth-order valence-corrected chi connectivity index (χ4v) is 7.18. The smallest absolute Gasteiger partial charge is 0.235 e. The minimum atomic E-state index is 0.584. The van der Waals surface area contributed by atoms with Crippen LogP contribution in [0.2, 0.25) is 0 Å². The van der Waals surface area contributed by atoms with Crippen molar-refractivity contribution in [1.29, 1.82) is 0 Å². The quantitative estimate of drug-likeness (QED) is 0.188. The van der Waals surface area contributed by atoms with E-state index < -0.39 is 0 Å². The largest absolute Gasteiger partial charge is 0.455 e.